The minimum atomic E-state index is -0.241. The van der Waals surface area contributed by atoms with Gasteiger partial charge in [0.05, 0.1) is 21.7 Å². The highest BCUT2D eigenvalue weighted by atomic mass is 35.5. The molecule has 0 amide bonds. The summed E-state index contributed by atoms with van der Waals surface area (Å²) in [4.78, 5) is 9.29. The van der Waals surface area contributed by atoms with Gasteiger partial charge in [-0.3, -0.25) is 0 Å². The van der Waals surface area contributed by atoms with E-state index < -0.39 is 0 Å². The van der Waals surface area contributed by atoms with Crippen LogP contribution >= 0.6 is 23.2 Å². The van der Waals surface area contributed by atoms with Gasteiger partial charge in [-0.2, -0.15) is 4.98 Å². The Morgan fingerprint density at radius 1 is 1.04 bits per heavy atom. The van der Waals surface area contributed by atoms with Crippen LogP contribution in [0.2, 0.25) is 10.0 Å². The first kappa shape index (κ1) is 18.3. The van der Waals surface area contributed by atoms with Gasteiger partial charge in [-0.15, -0.1) is 0 Å². The number of nitrogens with zero attached hydrogens (tertiary/aromatic N) is 2. The third-order valence-corrected chi connectivity index (χ3v) is 5.52. The van der Waals surface area contributed by atoms with Crippen molar-refractivity contribution in [2.24, 2.45) is 0 Å². The first-order chi connectivity index (χ1) is 13.1. The van der Waals surface area contributed by atoms with Crippen LogP contribution in [0.25, 0.3) is 10.9 Å². The van der Waals surface area contributed by atoms with Crippen LogP contribution in [0.5, 0.6) is 0 Å². The third kappa shape index (κ3) is 4.26. The molecule has 0 unspecified atom stereocenters. The Morgan fingerprint density at radius 2 is 1.89 bits per heavy atom. The number of aliphatic hydroxyl groups is 1. The summed E-state index contributed by atoms with van der Waals surface area (Å²) in [5.41, 5.74) is 1.88. The lowest BCUT2D eigenvalue weighted by atomic mass is 10.2. The molecule has 1 heterocycles. The maximum atomic E-state index is 9.74. The normalized spacial score (nSPS) is 19.4. The van der Waals surface area contributed by atoms with Crippen molar-refractivity contribution in [2.45, 2.75) is 38.0 Å². The highest BCUT2D eigenvalue weighted by Gasteiger charge is 2.23. The lowest BCUT2D eigenvalue weighted by molar-refractivity contribution is 0.182. The number of halogens is 2. The summed E-state index contributed by atoms with van der Waals surface area (Å²) in [6.07, 6.45) is 2.22. The van der Waals surface area contributed by atoms with Gasteiger partial charge in [-0.1, -0.05) is 41.4 Å². The van der Waals surface area contributed by atoms with E-state index in [2.05, 4.69) is 20.6 Å². The molecule has 4 rings (SSSR count). The van der Waals surface area contributed by atoms with Crippen LogP contribution in [0.3, 0.4) is 0 Å². The number of anilines is 2. The van der Waals surface area contributed by atoms with Crippen LogP contribution in [0, 0.1) is 0 Å². The lowest BCUT2D eigenvalue weighted by Crippen LogP contribution is -2.19. The molecule has 3 N–H and O–H groups in total. The van der Waals surface area contributed by atoms with Gasteiger partial charge in [0.1, 0.15) is 5.82 Å². The molecule has 1 aliphatic rings. The number of nitrogens with one attached hydrogen (secondary N) is 2. The van der Waals surface area contributed by atoms with E-state index in [0.29, 0.717) is 22.5 Å². The maximum absolute atomic E-state index is 9.74. The second-order valence-corrected chi connectivity index (χ2v) is 7.64. The average Bonchev–Trinajstić information content (AvgIpc) is 3.07. The van der Waals surface area contributed by atoms with Gasteiger partial charge in [-0.25, -0.2) is 4.98 Å². The summed E-state index contributed by atoms with van der Waals surface area (Å²) in [6.45, 7) is 0.569. The molecule has 0 spiro atoms. The first-order valence-corrected chi connectivity index (χ1v) is 9.73. The lowest BCUT2D eigenvalue weighted by Gasteiger charge is -2.15. The van der Waals surface area contributed by atoms with Crippen LogP contribution < -0.4 is 10.6 Å². The van der Waals surface area contributed by atoms with Crippen molar-refractivity contribution in [3.05, 3.63) is 58.1 Å². The van der Waals surface area contributed by atoms with Gasteiger partial charge in [0.2, 0.25) is 5.95 Å². The second-order valence-electron chi connectivity index (χ2n) is 6.82. The Labute approximate surface area is 167 Å². The molecular formula is C20H20Cl2N4O. The zero-order chi connectivity index (χ0) is 18.8. The van der Waals surface area contributed by atoms with Gasteiger partial charge < -0.3 is 15.7 Å². The number of benzene rings is 2. The third-order valence-electron chi connectivity index (χ3n) is 4.79. The van der Waals surface area contributed by atoms with E-state index in [1.807, 2.05) is 36.4 Å². The summed E-state index contributed by atoms with van der Waals surface area (Å²) >= 11 is 12.1. The number of hydrogen-bond donors (Lipinski definition) is 3. The Bertz CT molecular complexity index is 966. The number of fused-ring (bicyclic) bond motifs is 1. The van der Waals surface area contributed by atoms with E-state index in [9.17, 15) is 5.11 Å². The van der Waals surface area contributed by atoms with Crippen molar-refractivity contribution in [1.29, 1.82) is 0 Å². The first-order valence-electron chi connectivity index (χ1n) is 8.97. The molecule has 0 saturated heterocycles. The van der Waals surface area contributed by atoms with E-state index in [4.69, 9.17) is 23.2 Å². The fraction of sp³-hybridized carbons (Fsp3) is 0.300. The van der Waals surface area contributed by atoms with Gasteiger partial charge in [0.15, 0.2) is 0 Å². The molecule has 2 aromatic carbocycles. The predicted molar refractivity (Wildman–Crippen MR) is 111 cm³/mol. The van der Waals surface area contributed by atoms with Crippen LogP contribution in [0.1, 0.15) is 24.8 Å². The van der Waals surface area contributed by atoms with Crippen LogP contribution in [-0.4, -0.2) is 27.2 Å². The highest BCUT2D eigenvalue weighted by Crippen LogP contribution is 2.27. The molecule has 5 nitrogen and oxygen atoms in total. The fourth-order valence-electron chi connectivity index (χ4n) is 3.38. The summed E-state index contributed by atoms with van der Waals surface area (Å²) in [5.74, 6) is 1.33. The van der Waals surface area contributed by atoms with Crippen molar-refractivity contribution < 1.29 is 5.11 Å². The van der Waals surface area contributed by atoms with Gasteiger partial charge in [-0.05, 0) is 49.1 Å². The molecule has 1 aromatic heterocycles. The molecule has 2 atom stereocenters. The molecule has 7 heteroatoms. The molecule has 1 aliphatic carbocycles. The molecule has 140 valence electrons. The van der Waals surface area contributed by atoms with E-state index in [1.54, 1.807) is 6.07 Å². The minimum Gasteiger partial charge on any atom is -0.393 e. The van der Waals surface area contributed by atoms with E-state index in [-0.39, 0.29) is 12.1 Å². The van der Waals surface area contributed by atoms with Crippen LogP contribution in [-0.2, 0) is 6.54 Å². The zero-order valence-electron chi connectivity index (χ0n) is 14.6. The summed E-state index contributed by atoms with van der Waals surface area (Å²) in [5, 5.41) is 18.5. The van der Waals surface area contributed by atoms with Gasteiger partial charge in [0, 0.05) is 18.0 Å². The molecule has 27 heavy (non-hydrogen) atoms. The average molecular weight is 403 g/mol. The van der Waals surface area contributed by atoms with Crippen molar-refractivity contribution in [1.82, 2.24) is 9.97 Å². The number of rotatable bonds is 5. The van der Waals surface area contributed by atoms with E-state index in [1.165, 1.54) is 0 Å². The van der Waals surface area contributed by atoms with Gasteiger partial charge >= 0.3 is 0 Å². The summed E-state index contributed by atoms with van der Waals surface area (Å²) in [7, 11) is 0. The maximum Gasteiger partial charge on any atom is 0.225 e. The monoisotopic (exact) mass is 402 g/mol. The topological polar surface area (TPSA) is 70.1 Å². The number of hydrogen-bond acceptors (Lipinski definition) is 5. The molecule has 0 radical (unpaired) electrons. The number of para-hydroxylation sites is 1. The molecule has 1 fully saturated rings. The number of aliphatic hydroxyl groups excluding tert-OH is 1. The smallest absolute Gasteiger partial charge is 0.225 e. The minimum absolute atomic E-state index is 0.198. The SMILES string of the molecule is O[C@@H]1CC[C@H](Nc2nc(NCc3ccc(Cl)c(Cl)c3)c3ccccc3n2)C1. The zero-order valence-corrected chi connectivity index (χ0v) is 16.1. The molecule has 0 bridgehead atoms. The molecule has 3 aromatic rings. The van der Waals surface area contributed by atoms with E-state index >= 15 is 0 Å². The molecule has 0 aliphatic heterocycles. The van der Waals surface area contributed by atoms with Crippen LogP contribution in [0.4, 0.5) is 11.8 Å². The Balaban J connectivity index is 1.58. The second kappa shape index (κ2) is 7.89. The van der Waals surface area contributed by atoms with Gasteiger partial charge in [0.25, 0.3) is 0 Å². The quantitative estimate of drug-likeness (QED) is 0.567. The van der Waals surface area contributed by atoms with Crippen molar-refractivity contribution in [2.75, 3.05) is 10.6 Å². The van der Waals surface area contributed by atoms with Crippen molar-refractivity contribution in [3.63, 3.8) is 0 Å². The Hall–Kier alpha value is -2.08. The summed E-state index contributed by atoms with van der Waals surface area (Å²) < 4.78 is 0. The molecule has 1 saturated carbocycles. The number of aromatic nitrogens is 2. The van der Waals surface area contributed by atoms with E-state index in [0.717, 1.165) is 41.5 Å². The summed E-state index contributed by atoms with van der Waals surface area (Å²) in [6, 6.07) is 13.7. The molecular weight excluding hydrogens is 383 g/mol. The Kier molecular flexibility index (Phi) is 5.34. The fourth-order valence-corrected chi connectivity index (χ4v) is 3.70. The highest BCUT2D eigenvalue weighted by molar-refractivity contribution is 6.42. The van der Waals surface area contributed by atoms with Crippen molar-refractivity contribution >= 4 is 45.9 Å². The Morgan fingerprint density at radius 3 is 2.67 bits per heavy atom. The standard InChI is InChI=1S/C20H20Cl2N4O/c21-16-8-5-12(9-17(16)22)11-23-19-15-3-1-2-4-18(15)25-20(26-19)24-13-6-7-14(27)10-13/h1-5,8-9,13-14,27H,6-7,10-11H2,(H2,23,24,25,26)/t13-,14+/m0/s1. The van der Waals surface area contributed by atoms with Crippen LogP contribution in [0.15, 0.2) is 42.5 Å². The van der Waals surface area contributed by atoms with Crippen molar-refractivity contribution in [3.8, 4) is 0 Å². The largest absolute Gasteiger partial charge is 0.393 e. The predicted octanol–water partition coefficient (Wildman–Crippen LogP) is 4.87.